The SMILES string of the molecule is O=C(CCc1cccs1)Nc1ccc2[nH]nc(-c3cc4ccccc4s3)c2c1. The number of nitrogens with one attached hydrogen (secondary N) is 2. The van der Waals surface area contributed by atoms with Gasteiger partial charge in [0.2, 0.25) is 5.91 Å². The number of aryl methyl sites for hydroxylation is 1. The Kier molecular flexibility index (Phi) is 4.43. The van der Waals surface area contributed by atoms with Gasteiger partial charge in [-0.15, -0.1) is 22.7 Å². The highest BCUT2D eigenvalue weighted by Gasteiger charge is 2.13. The summed E-state index contributed by atoms with van der Waals surface area (Å²) in [6, 6.07) is 20.5. The van der Waals surface area contributed by atoms with Crippen LogP contribution in [0.3, 0.4) is 0 Å². The van der Waals surface area contributed by atoms with Crippen molar-refractivity contribution in [3.8, 4) is 10.6 Å². The molecule has 28 heavy (non-hydrogen) atoms. The number of benzene rings is 2. The Morgan fingerprint density at radius 3 is 2.86 bits per heavy atom. The standard InChI is InChI=1S/C22H17N3OS2/c26-21(10-8-16-5-3-11-27-16)23-15-7-9-18-17(13-15)22(25-24-18)20-12-14-4-1-2-6-19(14)28-20/h1-7,9,11-13H,8,10H2,(H,23,26)(H,24,25). The number of fused-ring (bicyclic) bond motifs is 2. The van der Waals surface area contributed by atoms with E-state index in [4.69, 9.17) is 0 Å². The van der Waals surface area contributed by atoms with Gasteiger partial charge in [0.1, 0.15) is 5.69 Å². The third-order valence-corrected chi connectivity index (χ3v) is 6.74. The van der Waals surface area contributed by atoms with Gasteiger partial charge in [0.25, 0.3) is 0 Å². The number of rotatable bonds is 5. The molecule has 2 aromatic carbocycles. The Labute approximate surface area is 169 Å². The summed E-state index contributed by atoms with van der Waals surface area (Å²) < 4.78 is 1.24. The van der Waals surface area contributed by atoms with Crippen LogP contribution >= 0.6 is 22.7 Å². The molecule has 0 saturated heterocycles. The van der Waals surface area contributed by atoms with Crippen LogP contribution in [0.5, 0.6) is 0 Å². The van der Waals surface area contributed by atoms with Gasteiger partial charge in [-0.1, -0.05) is 24.3 Å². The average molecular weight is 404 g/mol. The van der Waals surface area contributed by atoms with Gasteiger partial charge in [-0.25, -0.2) is 0 Å². The van der Waals surface area contributed by atoms with E-state index >= 15 is 0 Å². The molecule has 0 spiro atoms. The minimum Gasteiger partial charge on any atom is -0.326 e. The Hall–Kier alpha value is -2.96. The van der Waals surface area contributed by atoms with Gasteiger partial charge in [0.05, 0.1) is 10.4 Å². The molecule has 0 fully saturated rings. The highest BCUT2D eigenvalue weighted by atomic mass is 32.1. The van der Waals surface area contributed by atoms with Crippen molar-refractivity contribution in [2.45, 2.75) is 12.8 Å². The number of aromatic amines is 1. The highest BCUT2D eigenvalue weighted by Crippen LogP contribution is 2.36. The molecule has 138 valence electrons. The van der Waals surface area contributed by atoms with Crippen molar-refractivity contribution in [2.75, 3.05) is 5.32 Å². The van der Waals surface area contributed by atoms with Crippen molar-refractivity contribution in [1.82, 2.24) is 10.2 Å². The first-order chi connectivity index (χ1) is 13.8. The van der Waals surface area contributed by atoms with E-state index in [1.54, 1.807) is 22.7 Å². The number of nitrogens with zero attached hydrogens (tertiary/aromatic N) is 1. The topological polar surface area (TPSA) is 57.8 Å². The summed E-state index contributed by atoms with van der Waals surface area (Å²) in [6.45, 7) is 0. The van der Waals surface area contributed by atoms with Crippen LogP contribution in [0.1, 0.15) is 11.3 Å². The van der Waals surface area contributed by atoms with Crippen LogP contribution in [0.4, 0.5) is 5.69 Å². The van der Waals surface area contributed by atoms with Crippen LogP contribution < -0.4 is 5.32 Å². The zero-order chi connectivity index (χ0) is 18.9. The molecule has 3 aromatic heterocycles. The molecule has 5 aromatic rings. The predicted octanol–water partition coefficient (Wildman–Crippen LogP) is 6.08. The first kappa shape index (κ1) is 17.2. The maximum absolute atomic E-state index is 12.3. The van der Waals surface area contributed by atoms with Crippen molar-refractivity contribution < 1.29 is 4.79 Å². The number of hydrogen-bond acceptors (Lipinski definition) is 4. The van der Waals surface area contributed by atoms with E-state index in [0.717, 1.165) is 33.6 Å². The molecule has 0 aliphatic carbocycles. The molecule has 0 aliphatic heterocycles. The van der Waals surface area contributed by atoms with Crippen LogP contribution in [0, 0.1) is 0 Å². The molecule has 0 aliphatic rings. The zero-order valence-electron chi connectivity index (χ0n) is 14.9. The van der Waals surface area contributed by atoms with Crippen molar-refractivity contribution in [2.24, 2.45) is 0 Å². The maximum Gasteiger partial charge on any atom is 0.224 e. The molecular weight excluding hydrogens is 386 g/mol. The van der Waals surface area contributed by atoms with E-state index in [9.17, 15) is 4.79 Å². The molecule has 0 saturated carbocycles. The second-order valence-electron chi connectivity index (χ2n) is 6.61. The third kappa shape index (κ3) is 3.32. The summed E-state index contributed by atoms with van der Waals surface area (Å²) in [4.78, 5) is 14.7. The summed E-state index contributed by atoms with van der Waals surface area (Å²) in [5, 5.41) is 14.9. The number of carbonyl (C=O) groups excluding carboxylic acids is 1. The lowest BCUT2D eigenvalue weighted by Crippen LogP contribution is -2.11. The minimum absolute atomic E-state index is 0.0275. The van der Waals surface area contributed by atoms with E-state index < -0.39 is 0 Å². The smallest absolute Gasteiger partial charge is 0.224 e. The largest absolute Gasteiger partial charge is 0.326 e. The summed E-state index contributed by atoms with van der Waals surface area (Å²) >= 11 is 3.41. The number of H-pyrrole nitrogens is 1. The molecule has 0 unspecified atom stereocenters. The maximum atomic E-state index is 12.3. The average Bonchev–Trinajstić information content (AvgIpc) is 3.44. The number of anilines is 1. The van der Waals surface area contributed by atoms with Crippen LogP contribution in [0.25, 0.3) is 31.6 Å². The molecule has 1 amide bonds. The van der Waals surface area contributed by atoms with E-state index in [1.807, 2.05) is 35.7 Å². The molecule has 4 nitrogen and oxygen atoms in total. The monoisotopic (exact) mass is 403 g/mol. The fraction of sp³-hybridized carbons (Fsp3) is 0.0909. The lowest BCUT2D eigenvalue weighted by atomic mass is 10.1. The van der Waals surface area contributed by atoms with E-state index in [2.05, 4.69) is 45.8 Å². The quantitative estimate of drug-likeness (QED) is 0.374. The van der Waals surface area contributed by atoms with Gasteiger partial charge < -0.3 is 5.32 Å². The molecular formula is C22H17N3OS2. The van der Waals surface area contributed by atoms with E-state index in [0.29, 0.717) is 6.42 Å². The number of hydrogen-bond donors (Lipinski definition) is 2. The minimum atomic E-state index is 0.0275. The first-order valence-electron chi connectivity index (χ1n) is 9.05. The Morgan fingerprint density at radius 1 is 1.07 bits per heavy atom. The number of carbonyl (C=O) groups is 1. The lowest BCUT2D eigenvalue weighted by molar-refractivity contribution is -0.116. The number of thiophene rings is 2. The van der Waals surface area contributed by atoms with Crippen molar-refractivity contribution in [3.63, 3.8) is 0 Å². The Morgan fingerprint density at radius 2 is 2.00 bits per heavy atom. The molecule has 5 rings (SSSR count). The summed E-state index contributed by atoms with van der Waals surface area (Å²) in [5.41, 5.74) is 2.68. The molecule has 0 radical (unpaired) electrons. The molecule has 3 heterocycles. The number of amides is 1. The van der Waals surface area contributed by atoms with Crippen LogP contribution in [-0.4, -0.2) is 16.1 Å². The fourth-order valence-corrected chi connectivity index (χ4v) is 5.07. The second kappa shape index (κ2) is 7.22. The van der Waals surface area contributed by atoms with Crippen LogP contribution in [-0.2, 0) is 11.2 Å². The van der Waals surface area contributed by atoms with Gasteiger partial charge in [0.15, 0.2) is 0 Å². The summed E-state index contributed by atoms with van der Waals surface area (Å²) in [5.74, 6) is 0.0275. The van der Waals surface area contributed by atoms with Crippen LogP contribution in [0.15, 0.2) is 66.0 Å². The van der Waals surface area contributed by atoms with Crippen molar-refractivity contribution in [1.29, 1.82) is 0 Å². The van der Waals surface area contributed by atoms with E-state index in [1.165, 1.54) is 15.0 Å². The zero-order valence-corrected chi connectivity index (χ0v) is 16.6. The third-order valence-electron chi connectivity index (χ3n) is 4.68. The second-order valence-corrected chi connectivity index (χ2v) is 8.72. The molecule has 6 heteroatoms. The first-order valence-corrected chi connectivity index (χ1v) is 10.8. The van der Waals surface area contributed by atoms with Crippen LogP contribution in [0.2, 0.25) is 0 Å². The number of aromatic nitrogens is 2. The normalized spacial score (nSPS) is 11.3. The van der Waals surface area contributed by atoms with Gasteiger partial charge >= 0.3 is 0 Å². The van der Waals surface area contributed by atoms with Crippen molar-refractivity contribution in [3.05, 3.63) is 70.9 Å². The van der Waals surface area contributed by atoms with Gasteiger partial charge in [0, 0.05) is 27.1 Å². The van der Waals surface area contributed by atoms with Gasteiger partial charge in [-0.3, -0.25) is 9.89 Å². The molecule has 0 atom stereocenters. The molecule has 2 N–H and O–H groups in total. The van der Waals surface area contributed by atoms with Gasteiger partial charge in [-0.2, -0.15) is 5.10 Å². The predicted molar refractivity (Wildman–Crippen MR) is 118 cm³/mol. The summed E-state index contributed by atoms with van der Waals surface area (Å²) in [7, 11) is 0. The fourth-order valence-electron chi connectivity index (χ4n) is 3.29. The Bertz CT molecular complexity index is 1230. The lowest BCUT2D eigenvalue weighted by Gasteiger charge is -2.05. The van der Waals surface area contributed by atoms with Gasteiger partial charge in [-0.05, 0) is 53.6 Å². The molecule has 0 bridgehead atoms. The van der Waals surface area contributed by atoms with Crippen molar-refractivity contribution >= 4 is 55.3 Å². The summed E-state index contributed by atoms with van der Waals surface area (Å²) in [6.07, 6.45) is 1.25. The highest BCUT2D eigenvalue weighted by molar-refractivity contribution is 7.22. The van der Waals surface area contributed by atoms with E-state index in [-0.39, 0.29) is 5.91 Å². The Balaban J connectivity index is 1.40.